The van der Waals surface area contributed by atoms with Gasteiger partial charge in [0.25, 0.3) is 5.91 Å². The van der Waals surface area contributed by atoms with Crippen molar-refractivity contribution in [3.8, 4) is 11.5 Å². The second-order valence-corrected chi connectivity index (χ2v) is 4.97. The predicted octanol–water partition coefficient (Wildman–Crippen LogP) is 2.66. The Hall–Kier alpha value is -3.81. The van der Waals surface area contributed by atoms with Crippen molar-refractivity contribution in [1.82, 2.24) is 5.32 Å². The number of para-hydroxylation sites is 2. The lowest BCUT2D eigenvalue weighted by molar-refractivity contribution is -0.138. The zero-order valence-electron chi connectivity index (χ0n) is 14.6. The first-order valence-corrected chi connectivity index (χ1v) is 7.71. The maximum atomic E-state index is 12.0. The van der Waals surface area contributed by atoms with Crippen molar-refractivity contribution in [1.29, 1.82) is 0 Å². The Morgan fingerprint density at radius 2 is 1.44 bits per heavy atom. The van der Waals surface area contributed by atoms with Crippen LogP contribution in [0.25, 0.3) is 0 Å². The minimum atomic E-state index is -1.00. The summed E-state index contributed by atoms with van der Waals surface area (Å²) in [6, 6.07) is 14.3. The highest BCUT2D eigenvalue weighted by Crippen LogP contribution is 2.28. The molecule has 2 amide bonds. The Morgan fingerprint density at radius 1 is 0.852 bits per heavy atom. The van der Waals surface area contributed by atoms with E-state index in [0.717, 1.165) is 6.26 Å². The molecular weight excluding hydrogens is 354 g/mol. The minimum Gasteiger partial charge on any atom is -0.500 e. The first-order valence-electron chi connectivity index (χ1n) is 7.71. The van der Waals surface area contributed by atoms with Gasteiger partial charge >= 0.3 is 12.1 Å². The number of hydrogen-bond donors (Lipinski definition) is 1. The molecule has 0 fully saturated rings. The maximum absolute atomic E-state index is 12.0. The lowest BCUT2D eigenvalue weighted by atomic mass is 10.2. The van der Waals surface area contributed by atoms with Crippen LogP contribution < -0.4 is 14.8 Å². The summed E-state index contributed by atoms with van der Waals surface area (Å²) in [5, 5.41) is 2.10. The Morgan fingerprint density at radius 3 is 2.04 bits per heavy atom. The number of methoxy groups -OCH3 is 2. The molecule has 2 aromatic carbocycles. The molecule has 0 radical (unpaired) electrons. The minimum absolute atomic E-state index is 0.0123. The molecule has 2 rings (SSSR count). The average molecular weight is 371 g/mol. The topological polar surface area (TPSA) is 100 Å². The molecule has 140 valence electrons. The molecule has 0 bridgehead atoms. The number of carbonyl (C=O) groups excluding carboxylic acids is 3. The molecule has 0 atom stereocenters. The third-order valence-electron chi connectivity index (χ3n) is 3.13. The van der Waals surface area contributed by atoms with Crippen LogP contribution in [0.4, 0.5) is 4.79 Å². The smallest absolute Gasteiger partial charge is 0.419 e. The van der Waals surface area contributed by atoms with Crippen molar-refractivity contribution in [2.45, 2.75) is 0 Å². The van der Waals surface area contributed by atoms with Crippen molar-refractivity contribution in [2.75, 3.05) is 14.2 Å². The van der Waals surface area contributed by atoms with E-state index in [9.17, 15) is 14.4 Å². The van der Waals surface area contributed by atoms with Crippen LogP contribution in [0.3, 0.4) is 0 Å². The molecule has 0 spiro atoms. The van der Waals surface area contributed by atoms with E-state index in [1.807, 2.05) is 0 Å². The molecule has 8 nitrogen and oxygen atoms in total. The summed E-state index contributed by atoms with van der Waals surface area (Å²) < 4.78 is 19.9. The number of hydrogen-bond acceptors (Lipinski definition) is 7. The second-order valence-electron chi connectivity index (χ2n) is 4.97. The second kappa shape index (κ2) is 9.62. The van der Waals surface area contributed by atoms with Gasteiger partial charge in [-0.05, 0) is 24.3 Å². The van der Waals surface area contributed by atoms with Gasteiger partial charge < -0.3 is 18.9 Å². The predicted molar refractivity (Wildman–Crippen MR) is 94.1 cm³/mol. The number of carbonyl (C=O) groups is 3. The van der Waals surface area contributed by atoms with Crippen LogP contribution in [0.5, 0.6) is 11.5 Å². The molecule has 0 aliphatic carbocycles. The lowest BCUT2D eigenvalue weighted by Gasteiger charge is -2.12. The van der Waals surface area contributed by atoms with Crippen molar-refractivity contribution >= 4 is 18.0 Å². The molecule has 27 heavy (non-hydrogen) atoms. The molecule has 0 aromatic heterocycles. The van der Waals surface area contributed by atoms with Crippen molar-refractivity contribution in [3.63, 3.8) is 0 Å². The van der Waals surface area contributed by atoms with Crippen LogP contribution in [0.1, 0.15) is 10.4 Å². The van der Waals surface area contributed by atoms with Crippen LogP contribution >= 0.6 is 0 Å². The van der Waals surface area contributed by atoms with Gasteiger partial charge in [0, 0.05) is 5.56 Å². The summed E-state index contributed by atoms with van der Waals surface area (Å²) in [5.41, 5.74) is 0.301. The van der Waals surface area contributed by atoms with Crippen molar-refractivity contribution in [2.24, 2.45) is 0 Å². The van der Waals surface area contributed by atoms with Gasteiger partial charge in [0.15, 0.2) is 11.5 Å². The number of esters is 1. The molecule has 0 aliphatic rings. The number of benzene rings is 2. The quantitative estimate of drug-likeness (QED) is 0.473. The highest BCUT2D eigenvalue weighted by molar-refractivity contribution is 6.03. The molecule has 0 heterocycles. The number of amides is 2. The molecule has 1 N–H and O–H groups in total. The fourth-order valence-corrected chi connectivity index (χ4v) is 1.94. The number of ether oxygens (including phenoxy) is 4. The van der Waals surface area contributed by atoms with Gasteiger partial charge in [-0.1, -0.05) is 30.3 Å². The lowest BCUT2D eigenvalue weighted by Crippen LogP contribution is -2.33. The standard InChI is InChI=1S/C19H17NO7/c1-24-12-16(18(22)25-2)26-14-10-6-7-11-15(14)27-19(23)20-17(21)13-8-4-3-5-9-13/h3-12H,1-2H3,(H,20,21,23). The van der Waals surface area contributed by atoms with E-state index in [1.165, 1.54) is 26.4 Å². The monoisotopic (exact) mass is 371 g/mol. The molecule has 2 aromatic rings. The highest BCUT2D eigenvalue weighted by atomic mass is 16.6. The summed E-state index contributed by atoms with van der Waals surface area (Å²) in [5.74, 6) is -1.61. The SMILES string of the molecule is COC=C(Oc1ccccc1OC(=O)NC(=O)c1ccccc1)C(=O)OC. The van der Waals surface area contributed by atoms with Gasteiger partial charge in [-0.2, -0.15) is 0 Å². The van der Waals surface area contributed by atoms with Crippen LogP contribution in [-0.4, -0.2) is 32.2 Å². The van der Waals surface area contributed by atoms with Crippen molar-refractivity contribution < 1.29 is 33.3 Å². The van der Waals surface area contributed by atoms with E-state index in [-0.39, 0.29) is 17.3 Å². The first-order chi connectivity index (χ1) is 13.0. The van der Waals surface area contributed by atoms with E-state index in [0.29, 0.717) is 5.56 Å². The summed E-state index contributed by atoms with van der Waals surface area (Å²) in [6.45, 7) is 0. The maximum Gasteiger partial charge on any atom is 0.419 e. The van der Waals surface area contributed by atoms with E-state index >= 15 is 0 Å². The zero-order chi connectivity index (χ0) is 19.6. The van der Waals surface area contributed by atoms with Crippen LogP contribution in [0, 0.1) is 0 Å². The molecule has 0 saturated carbocycles. The van der Waals surface area contributed by atoms with Gasteiger partial charge in [0.1, 0.15) is 6.26 Å². The third kappa shape index (κ3) is 5.60. The fourth-order valence-electron chi connectivity index (χ4n) is 1.94. The number of rotatable bonds is 6. The highest BCUT2D eigenvalue weighted by Gasteiger charge is 2.18. The third-order valence-corrected chi connectivity index (χ3v) is 3.13. The van der Waals surface area contributed by atoms with Crippen LogP contribution in [0.15, 0.2) is 66.6 Å². The molecule has 0 aliphatic heterocycles. The number of imide groups is 1. The largest absolute Gasteiger partial charge is 0.500 e. The van der Waals surface area contributed by atoms with Gasteiger partial charge in [-0.3, -0.25) is 10.1 Å². The average Bonchev–Trinajstić information content (AvgIpc) is 2.69. The van der Waals surface area contributed by atoms with E-state index in [2.05, 4.69) is 10.1 Å². The van der Waals surface area contributed by atoms with Gasteiger partial charge in [0.05, 0.1) is 14.2 Å². The van der Waals surface area contributed by atoms with Gasteiger partial charge in [-0.15, -0.1) is 0 Å². The van der Waals surface area contributed by atoms with Crippen molar-refractivity contribution in [3.05, 3.63) is 72.2 Å². The van der Waals surface area contributed by atoms with Gasteiger partial charge in [0.2, 0.25) is 5.76 Å². The summed E-state index contributed by atoms with van der Waals surface area (Å²) >= 11 is 0. The normalized spacial score (nSPS) is 10.5. The summed E-state index contributed by atoms with van der Waals surface area (Å²) in [4.78, 5) is 35.7. The van der Waals surface area contributed by atoms with E-state index < -0.39 is 18.0 Å². The van der Waals surface area contributed by atoms with E-state index in [1.54, 1.807) is 42.5 Å². The van der Waals surface area contributed by atoms with Crippen LogP contribution in [-0.2, 0) is 14.3 Å². The Labute approximate surface area is 155 Å². The molecular formula is C19H17NO7. The molecule has 0 unspecified atom stereocenters. The van der Waals surface area contributed by atoms with Gasteiger partial charge in [-0.25, -0.2) is 9.59 Å². The van der Waals surface area contributed by atoms with E-state index in [4.69, 9.17) is 14.2 Å². The summed E-state index contributed by atoms with van der Waals surface area (Å²) in [6.07, 6.45) is 0.0389. The Bertz CT molecular complexity index is 846. The number of nitrogens with one attached hydrogen (secondary N) is 1. The fraction of sp³-hybridized carbons (Fsp3) is 0.105. The summed E-state index contributed by atoms with van der Waals surface area (Å²) in [7, 11) is 2.51. The Kier molecular flexibility index (Phi) is 6.95. The molecule has 0 saturated heterocycles. The first kappa shape index (κ1) is 19.5. The zero-order valence-corrected chi connectivity index (χ0v) is 14.6. The van der Waals surface area contributed by atoms with Crippen LogP contribution in [0.2, 0.25) is 0 Å². The molecule has 8 heteroatoms. The Balaban J connectivity index is 2.11.